The van der Waals surface area contributed by atoms with Crippen LogP contribution in [0.3, 0.4) is 0 Å². The molecule has 2 rings (SSSR count). The Hall–Kier alpha value is 0.390. The van der Waals surface area contributed by atoms with Gasteiger partial charge >= 0.3 is 0 Å². The van der Waals surface area contributed by atoms with Gasteiger partial charge in [0.05, 0.1) is 9.43 Å². The highest BCUT2D eigenvalue weighted by Gasteiger charge is 2.22. The predicted octanol–water partition coefficient (Wildman–Crippen LogP) is 2.90. The number of hydrogen-bond acceptors (Lipinski definition) is 3. The smallest absolute Gasteiger partial charge is 0.188 e. The SMILES string of the molecule is CCN1CCCC1CN=C(N)NCCc1ccc(I)s1.I. The van der Waals surface area contributed by atoms with E-state index in [9.17, 15) is 0 Å². The maximum Gasteiger partial charge on any atom is 0.188 e. The molecule has 1 aromatic heterocycles. The van der Waals surface area contributed by atoms with E-state index in [0.717, 1.165) is 26.1 Å². The van der Waals surface area contributed by atoms with E-state index in [4.69, 9.17) is 5.73 Å². The number of nitrogens with two attached hydrogens (primary N) is 1. The minimum atomic E-state index is 0. The van der Waals surface area contributed by atoms with E-state index in [0.29, 0.717) is 12.0 Å². The summed E-state index contributed by atoms with van der Waals surface area (Å²) in [5.74, 6) is 0.583. The Morgan fingerprint density at radius 3 is 3.05 bits per heavy atom. The summed E-state index contributed by atoms with van der Waals surface area (Å²) in [4.78, 5) is 8.37. The van der Waals surface area contributed by atoms with Crippen LogP contribution in [0, 0.1) is 2.88 Å². The van der Waals surface area contributed by atoms with Crippen LogP contribution in [0.25, 0.3) is 0 Å². The zero-order valence-corrected chi connectivity index (χ0v) is 17.7. The normalized spacial score (nSPS) is 19.5. The second-order valence-electron chi connectivity index (χ2n) is 5.03. The Labute approximate surface area is 162 Å². The first kappa shape index (κ1) is 19.4. The number of halogens is 2. The van der Waals surface area contributed by atoms with Crippen molar-refractivity contribution in [2.75, 3.05) is 26.2 Å². The molecule has 4 nitrogen and oxygen atoms in total. The molecule has 0 amide bonds. The van der Waals surface area contributed by atoms with Crippen LogP contribution in [0.2, 0.25) is 0 Å². The number of hydrogen-bond donors (Lipinski definition) is 2. The molecule has 1 atom stereocenters. The quantitative estimate of drug-likeness (QED) is 0.336. The van der Waals surface area contributed by atoms with Crippen LogP contribution in [0.4, 0.5) is 0 Å². The summed E-state index contributed by atoms with van der Waals surface area (Å²) >= 11 is 4.19. The zero-order chi connectivity index (χ0) is 14.4. The van der Waals surface area contributed by atoms with E-state index in [1.165, 1.54) is 27.1 Å². The number of rotatable bonds is 6. The van der Waals surface area contributed by atoms with Crippen LogP contribution in [0.5, 0.6) is 0 Å². The molecular weight excluding hydrogens is 510 g/mol. The van der Waals surface area contributed by atoms with E-state index >= 15 is 0 Å². The van der Waals surface area contributed by atoms with E-state index < -0.39 is 0 Å². The van der Waals surface area contributed by atoms with Crippen LogP contribution in [0.1, 0.15) is 24.6 Å². The molecule has 1 aliphatic heterocycles. The lowest BCUT2D eigenvalue weighted by molar-refractivity contribution is 0.273. The molecule has 1 unspecified atom stereocenters. The van der Waals surface area contributed by atoms with Gasteiger partial charge in [-0.2, -0.15) is 0 Å². The minimum absolute atomic E-state index is 0. The summed E-state index contributed by atoms with van der Waals surface area (Å²) in [5.41, 5.74) is 5.93. The molecule has 0 saturated carbocycles. The Morgan fingerprint density at radius 2 is 2.38 bits per heavy atom. The van der Waals surface area contributed by atoms with Gasteiger partial charge in [-0.15, -0.1) is 35.3 Å². The summed E-state index contributed by atoms with van der Waals surface area (Å²) in [7, 11) is 0. The van der Waals surface area contributed by atoms with Gasteiger partial charge in [-0.25, -0.2) is 0 Å². The monoisotopic (exact) mass is 534 g/mol. The van der Waals surface area contributed by atoms with Gasteiger partial charge in [0.25, 0.3) is 0 Å². The van der Waals surface area contributed by atoms with Crippen LogP contribution >= 0.6 is 57.9 Å². The van der Waals surface area contributed by atoms with Gasteiger partial charge in [-0.3, -0.25) is 9.89 Å². The lowest BCUT2D eigenvalue weighted by atomic mass is 10.2. The Balaban J connectivity index is 0.00000220. The fourth-order valence-electron chi connectivity index (χ4n) is 2.58. The third-order valence-electron chi connectivity index (χ3n) is 3.68. The molecule has 120 valence electrons. The molecule has 3 N–H and O–H groups in total. The van der Waals surface area contributed by atoms with Gasteiger partial charge in [0.1, 0.15) is 0 Å². The third-order valence-corrected chi connectivity index (χ3v) is 5.64. The molecule has 7 heteroatoms. The fraction of sp³-hybridized carbons (Fsp3) is 0.643. The largest absolute Gasteiger partial charge is 0.370 e. The van der Waals surface area contributed by atoms with Crippen LogP contribution in [-0.2, 0) is 6.42 Å². The number of nitrogens with zero attached hydrogens (tertiary/aromatic N) is 2. The maximum absolute atomic E-state index is 5.93. The van der Waals surface area contributed by atoms with Crippen molar-refractivity contribution >= 4 is 63.9 Å². The molecule has 0 bridgehead atoms. The van der Waals surface area contributed by atoms with Gasteiger partial charge in [0.2, 0.25) is 0 Å². The predicted molar refractivity (Wildman–Crippen MR) is 111 cm³/mol. The summed E-state index contributed by atoms with van der Waals surface area (Å²) in [6.45, 7) is 6.22. The molecule has 1 fully saturated rings. The molecule has 1 saturated heterocycles. The number of nitrogens with one attached hydrogen (secondary N) is 1. The van der Waals surface area contributed by atoms with Crippen molar-refractivity contribution in [3.8, 4) is 0 Å². The lowest BCUT2D eigenvalue weighted by Gasteiger charge is -2.20. The van der Waals surface area contributed by atoms with Crippen molar-refractivity contribution in [1.29, 1.82) is 0 Å². The number of guanidine groups is 1. The highest BCUT2D eigenvalue weighted by atomic mass is 127. The molecule has 1 aromatic rings. The van der Waals surface area contributed by atoms with Crippen LogP contribution in [0.15, 0.2) is 17.1 Å². The Bertz CT molecular complexity index is 450. The first-order valence-corrected chi connectivity index (χ1v) is 9.10. The lowest BCUT2D eigenvalue weighted by Crippen LogP contribution is -2.36. The Kier molecular flexibility index (Phi) is 9.46. The number of thiophene rings is 1. The van der Waals surface area contributed by atoms with Crippen molar-refractivity contribution in [2.24, 2.45) is 10.7 Å². The second kappa shape index (κ2) is 10.2. The Morgan fingerprint density at radius 1 is 1.57 bits per heavy atom. The van der Waals surface area contributed by atoms with Gasteiger partial charge in [-0.1, -0.05) is 6.92 Å². The van der Waals surface area contributed by atoms with E-state index in [-0.39, 0.29) is 24.0 Å². The van der Waals surface area contributed by atoms with Gasteiger partial charge < -0.3 is 11.1 Å². The van der Waals surface area contributed by atoms with Gasteiger partial charge in [0.15, 0.2) is 5.96 Å². The summed E-state index contributed by atoms with van der Waals surface area (Å²) in [5, 5.41) is 3.21. The molecular formula is C14H24I2N4S. The fourth-order valence-corrected chi connectivity index (χ4v) is 4.33. The summed E-state index contributed by atoms with van der Waals surface area (Å²) in [6.07, 6.45) is 3.55. The van der Waals surface area contributed by atoms with Crippen molar-refractivity contribution in [3.05, 3.63) is 19.9 Å². The summed E-state index contributed by atoms with van der Waals surface area (Å²) < 4.78 is 1.33. The summed E-state index contributed by atoms with van der Waals surface area (Å²) in [6, 6.07) is 4.91. The molecule has 0 spiro atoms. The first-order chi connectivity index (χ1) is 9.69. The van der Waals surface area contributed by atoms with Gasteiger partial charge in [-0.05, 0) is 67.1 Å². The van der Waals surface area contributed by atoms with Crippen molar-refractivity contribution in [3.63, 3.8) is 0 Å². The standard InChI is InChI=1S/C14H23IN4S.HI/c1-2-19-9-3-4-11(19)10-18-14(16)17-8-7-12-5-6-13(15)20-12;/h5-6,11H,2-4,7-10H2,1H3,(H3,16,17,18);1H. The zero-order valence-electron chi connectivity index (χ0n) is 12.3. The van der Waals surface area contributed by atoms with Crippen molar-refractivity contribution in [2.45, 2.75) is 32.2 Å². The van der Waals surface area contributed by atoms with E-state index in [1.54, 1.807) is 0 Å². The van der Waals surface area contributed by atoms with Crippen LogP contribution < -0.4 is 11.1 Å². The molecule has 1 aliphatic rings. The van der Waals surface area contributed by atoms with Crippen molar-refractivity contribution < 1.29 is 0 Å². The molecule has 0 radical (unpaired) electrons. The van der Waals surface area contributed by atoms with E-state index in [2.05, 4.69) is 56.9 Å². The second-order valence-corrected chi connectivity index (χ2v) is 8.10. The molecule has 0 aromatic carbocycles. The number of likely N-dealkylation sites (tertiary alicyclic amines) is 1. The third kappa shape index (κ3) is 6.57. The highest BCUT2D eigenvalue weighted by Crippen LogP contribution is 2.18. The molecule has 21 heavy (non-hydrogen) atoms. The topological polar surface area (TPSA) is 53.6 Å². The van der Waals surface area contributed by atoms with E-state index in [1.807, 2.05) is 11.3 Å². The minimum Gasteiger partial charge on any atom is -0.370 e. The average molecular weight is 534 g/mol. The number of likely N-dealkylation sites (N-methyl/N-ethyl adjacent to an activating group) is 1. The molecule has 2 heterocycles. The van der Waals surface area contributed by atoms with Crippen molar-refractivity contribution in [1.82, 2.24) is 10.2 Å². The highest BCUT2D eigenvalue weighted by molar-refractivity contribution is 14.1. The molecule has 0 aliphatic carbocycles. The van der Waals surface area contributed by atoms with Gasteiger partial charge in [0, 0.05) is 17.5 Å². The first-order valence-electron chi connectivity index (χ1n) is 7.21. The average Bonchev–Trinajstić information content (AvgIpc) is 3.05. The van der Waals surface area contributed by atoms with Crippen LogP contribution in [-0.4, -0.2) is 43.1 Å². The number of aliphatic imine (C=N–C) groups is 1. The maximum atomic E-state index is 5.93.